The molecule has 168 valence electrons. The van der Waals surface area contributed by atoms with E-state index >= 15 is 0 Å². The molecule has 1 aliphatic carbocycles. The number of thiazole rings is 1. The molecular weight excluding hydrogens is 424 g/mol. The van der Waals surface area contributed by atoms with Crippen LogP contribution in [0.15, 0.2) is 11.4 Å². The van der Waals surface area contributed by atoms with Crippen LogP contribution < -0.4 is 10.1 Å². The second kappa shape index (κ2) is 9.02. The summed E-state index contributed by atoms with van der Waals surface area (Å²) < 4.78 is 33.1. The van der Waals surface area contributed by atoms with Gasteiger partial charge in [0.25, 0.3) is 0 Å². The van der Waals surface area contributed by atoms with E-state index in [4.69, 9.17) is 4.74 Å². The van der Waals surface area contributed by atoms with Crippen molar-refractivity contribution >= 4 is 23.1 Å². The van der Waals surface area contributed by atoms with Gasteiger partial charge in [0.1, 0.15) is 11.9 Å². The number of carbonyl (C=O) groups excluding carboxylic acids is 1. The van der Waals surface area contributed by atoms with E-state index in [0.29, 0.717) is 48.5 Å². The molecule has 3 heterocycles. The van der Waals surface area contributed by atoms with E-state index in [1.807, 2.05) is 17.2 Å². The molecule has 31 heavy (non-hydrogen) atoms. The number of nitrogens with zero attached hydrogens (tertiary/aromatic N) is 4. The Kier molecular flexibility index (Phi) is 6.36. The topological polar surface area (TPSA) is 80.2 Å². The molecule has 0 unspecified atom stereocenters. The molecule has 0 atom stereocenters. The quantitative estimate of drug-likeness (QED) is 0.731. The van der Waals surface area contributed by atoms with Crippen LogP contribution in [0.5, 0.6) is 5.88 Å². The zero-order chi connectivity index (χ0) is 22.0. The summed E-state index contributed by atoms with van der Waals surface area (Å²) >= 11 is 1.45. The van der Waals surface area contributed by atoms with Crippen molar-refractivity contribution in [3.05, 3.63) is 17.1 Å². The maximum absolute atomic E-state index is 13.5. The number of likely N-dealkylation sites (tertiary alicyclic amines) is 1. The number of alkyl halides is 2. The lowest BCUT2D eigenvalue weighted by Gasteiger charge is -2.31. The molecule has 4 rings (SSSR count). The van der Waals surface area contributed by atoms with Crippen LogP contribution in [-0.2, 0) is 4.79 Å². The number of amides is 1. The van der Waals surface area contributed by atoms with E-state index in [1.165, 1.54) is 11.3 Å². The Morgan fingerprint density at radius 2 is 1.90 bits per heavy atom. The molecule has 1 saturated carbocycles. The maximum Gasteiger partial charge on any atom is 0.248 e. The molecule has 1 N–H and O–H groups in total. The zero-order valence-corrected chi connectivity index (χ0v) is 18.6. The summed E-state index contributed by atoms with van der Waals surface area (Å²) in [4.78, 5) is 27.0. The summed E-state index contributed by atoms with van der Waals surface area (Å²) in [6.07, 6.45) is 1.97. The summed E-state index contributed by atoms with van der Waals surface area (Å²) in [5.74, 6) is -1.05. The Morgan fingerprint density at radius 3 is 2.52 bits per heavy atom. The standard InChI is InChI=1S/C21H27F2N5O2S/c1-13-12-31-20(24-13)19-26-17(25-15-3-7-21(22,23)8-4-15)11-18(27-19)30-16-5-9-28(10-6-16)14(2)29/h11-12,15-16H,3-10H2,1-2H3,(H,25,26,27). The predicted molar refractivity (Wildman–Crippen MR) is 115 cm³/mol. The lowest BCUT2D eigenvalue weighted by molar-refractivity contribution is -0.130. The van der Waals surface area contributed by atoms with E-state index < -0.39 is 5.92 Å². The lowest BCUT2D eigenvalue weighted by Crippen LogP contribution is -2.40. The molecule has 0 spiro atoms. The van der Waals surface area contributed by atoms with Crippen LogP contribution in [0, 0.1) is 6.92 Å². The number of aryl methyl sites for hydroxylation is 1. The number of ether oxygens (including phenoxy) is 1. The van der Waals surface area contributed by atoms with Gasteiger partial charge in [-0.2, -0.15) is 4.98 Å². The van der Waals surface area contributed by atoms with E-state index in [2.05, 4.69) is 20.3 Å². The van der Waals surface area contributed by atoms with Crippen molar-refractivity contribution in [1.29, 1.82) is 0 Å². The van der Waals surface area contributed by atoms with Crippen molar-refractivity contribution in [2.24, 2.45) is 0 Å². The molecule has 2 aromatic rings. The smallest absolute Gasteiger partial charge is 0.248 e. The summed E-state index contributed by atoms with van der Waals surface area (Å²) in [6, 6.07) is 1.67. The van der Waals surface area contributed by atoms with Gasteiger partial charge in [-0.25, -0.2) is 18.7 Å². The molecular formula is C21H27F2N5O2S. The minimum Gasteiger partial charge on any atom is -0.474 e. The van der Waals surface area contributed by atoms with Crippen molar-refractivity contribution in [2.45, 2.75) is 70.4 Å². The van der Waals surface area contributed by atoms with Crippen LogP contribution in [0.3, 0.4) is 0 Å². The second-order valence-electron chi connectivity index (χ2n) is 8.31. The molecule has 2 aliphatic rings. The first-order valence-corrected chi connectivity index (χ1v) is 11.5. The number of hydrogen-bond donors (Lipinski definition) is 1. The van der Waals surface area contributed by atoms with E-state index in [1.54, 1.807) is 13.0 Å². The number of anilines is 1. The number of nitrogens with one attached hydrogen (secondary N) is 1. The molecule has 1 aliphatic heterocycles. The fourth-order valence-electron chi connectivity index (χ4n) is 3.96. The first kappa shape index (κ1) is 21.9. The Labute approximate surface area is 184 Å². The molecule has 2 fully saturated rings. The van der Waals surface area contributed by atoms with Crippen molar-refractivity contribution in [3.63, 3.8) is 0 Å². The Bertz CT molecular complexity index is 920. The fourth-order valence-corrected chi connectivity index (χ4v) is 4.69. The minimum atomic E-state index is -2.57. The Hall–Kier alpha value is -2.36. The van der Waals surface area contributed by atoms with Gasteiger partial charge in [0.15, 0.2) is 10.8 Å². The van der Waals surface area contributed by atoms with Crippen molar-refractivity contribution in [2.75, 3.05) is 18.4 Å². The highest BCUT2D eigenvalue weighted by Crippen LogP contribution is 2.35. The highest BCUT2D eigenvalue weighted by molar-refractivity contribution is 7.13. The third-order valence-electron chi connectivity index (χ3n) is 5.76. The first-order valence-electron chi connectivity index (χ1n) is 10.7. The van der Waals surface area contributed by atoms with Gasteiger partial charge in [0, 0.05) is 68.9 Å². The Balaban J connectivity index is 1.50. The fraction of sp³-hybridized carbons (Fsp3) is 0.619. The summed E-state index contributed by atoms with van der Waals surface area (Å²) in [6.45, 7) is 4.80. The minimum absolute atomic E-state index is 0.0439. The van der Waals surface area contributed by atoms with Crippen LogP contribution in [-0.4, -0.2) is 56.9 Å². The summed E-state index contributed by atoms with van der Waals surface area (Å²) in [5.41, 5.74) is 0.885. The van der Waals surface area contributed by atoms with Crippen molar-refractivity contribution in [3.8, 4) is 16.7 Å². The maximum atomic E-state index is 13.5. The van der Waals surface area contributed by atoms with Crippen molar-refractivity contribution < 1.29 is 18.3 Å². The lowest BCUT2D eigenvalue weighted by atomic mass is 9.92. The summed E-state index contributed by atoms with van der Waals surface area (Å²) in [7, 11) is 0. The number of hydrogen-bond acceptors (Lipinski definition) is 7. The highest BCUT2D eigenvalue weighted by Gasteiger charge is 2.35. The van der Waals surface area contributed by atoms with Gasteiger partial charge in [-0.05, 0) is 19.8 Å². The third-order valence-corrected chi connectivity index (χ3v) is 6.71. The second-order valence-corrected chi connectivity index (χ2v) is 9.17. The predicted octanol–water partition coefficient (Wildman–Crippen LogP) is 4.29. The van der Waals surface area contributed by atoms with Crippen LogP contribution in [0.1, 0.15) is 51.1 Å². The first-order chi connectivity index (χ1) is 14.8. The zero-order valence-electron chi connectivity index (χ0n) is 17.7. The van der Waals surface area contributed by atoms with E-state index in [0.717, 1.165) is 18.5 Å². The van der Waals surface area contributed by atoms with Gasteiger partial charge in [-0.15, -0.1) is 11.3 Å². The normalized spacial score (nSPS) is 19.9. The van der Waals surface area contributed by atoms with E-state index in [9.17, 15) is 13.6 Å². The average molecular weight is 452 g/mol. The summed E-state index contributed by atoms with van der Waals surface area (Å²) in [5, 5.41) is 5.91. The highest BCUT2D eigenvalue weighted by atomic mass is 32.1. The van der Waals surface area contributed by atoms with Crippen LogP contribution in [0.4, 0.5) is 14.6 Å². The number of halogens is 2. The molecule has 7 nitrogen and oxygen atoms in total. The van der Waals surface area contributed by atoms with Crippen LogP contribution in [0.25, 0.3) is 10.8 Å². The van der Waals surface area contributed by atoms with Gasteiger partial charge in [0.2, 0.25) is 17.7 Å². The van der Waals surface area contributed by atoms with Gasteiger partial charge in [0.05, 0.1) is 0 Å². The van der Waals surface area contributed by atoms with Gasteiger partial charge < -0.3 is 15.0 Å². The SMILES string of the molecule is CC(=O)N1CCC(Oc2cc(NC3CCC(F)(F)CC3)nc(-c3nc(C)cs3)n2)CC1. The molecule has 0 bridgehead atoms. The molecule has 1 saturated heterocycles. The van der Waals surface area contributed by atoms with Gasteiger partial charge in [-0.1, -0.05) is 0 Å². The largest absolute Gasteiger partial charge is 0.474 e. The van der Waals surface area contributed by atoms with Crippen molar-refractivity contribution in [1.82, 2.24) is 19.9 Å². The molecule has 0 aromatic carbocycles. The molecule has 1 amide bonds. The van der Waals surface area contributed by atoms with Gasteiger partial charge in [-0.3, -0.25) is 4.79 Å². The molecule has 10 heteroatoms. The monoisotopic (exact) mass is 451 g/mol. The number of rotatable bonds is 5. The van der Waals surface area contributed by atoms with E-state index in [-0.39, 0.29) is 30.9 Å². The van der Waals surface area contributed by atoms with Gasteiger partial charge >= 0.3 is 0 Å². The average Bonchev–Trinajstić information content (AvgIpc) is 3.16. The molecule has 2 aromatic heterocycles. The van der Waals surface area contributed by atoms with Crippen LogP contribution in [0.2, 0.25) is 0 Å². The third kappa shape index (κ3) is 5.66. The Morgan fingerprint density at radius 1 is 1.19 bits per heavy atom. The molecule has 0 radical (unpaired) electrons. The number of piperidine rings is 1. The van der Waals surface area contributed by atoms with Crippen LogP contribution >= 0.6 is 11.3 Å². The number of aromatic nitrogens is 3. The number of carbonyl (C=O) groups is 1.